The van der Waals surface area contributed by atoms with Gasteiger partial charge in [-0.05, 0) is 35.4 Å². The van der Waals surface area contributed by atoms with Crippen LogP contribution in [-0.2, 0) is 13.1 Å². The molecular weight excluding hydrogens is 334 g/mol. The fourth-order valence-corrected chi connectivity index (χ4v) is 2.43. The first-order valence-corrected chi connectivity index (χ1v) is 7.25. The number of carbonyl (C=O) groups is 1. The van der Waals surface area contributed by atoms with Gasteiger partial charge in [0.05, 0.1) is 12.7 Å². The van der Waals surface area contributed by atoms with E-state index in [0.717, 1.165) is 27.9 Å². The molecule has 0 spiro atoms. The minimum Gasteiger partial charge on any atom is -0.497 e. The number of carboxylic acid groups (broad SMARTS) is 1. The van der Waals surface area contributed by atoms with Gasteiger partial charge < -0.3 is 15.2 Å². The molecule has 0 amide bonds. The van der Waals surface area contributed by atoms with Crippen LogP contribution >= 0.6 is 15.9 Å². The third-order valence-corrected chi connectivity index (χ3v) is 3.84. The monoisotopic (exact) mass is 349 g/mol. The minimum atomic E-state index is -0.923. The van der Waals surface area contributed by atoms with Crippen molar-refractivity contribution in [1.82, 2.24) is 5.32 Å². The highest BCUT2D eigenvalue weighted by Crippen LogP contribution is 2.19. The molecule has 0 aliphatic carbocycles. The Morgan fingerprint density at radius 1 is 1.19 bits per heavy atom. The summed E-state index contributed by atoms with van der Waals surface area (Å²) in [6.45, 7) is 1.39. The fraction of sp³-hybridized carbons (Fsp3) is 0.188. The second kappa shape index (κ2) is 7.24. The number of carboxylic acids is 1. The van der Waals surface area contributed by atoms with E-state index in [1.165, 1.54) is 0 Å². The summed E-state index contributed by atoms with van der Waals surface area (Å²) in [5.74, 6) is -0.0841. The van der Waals surface area contributed by atoms with E-state index in [2.05, 4.69) is 21.2 Å². The molecule has 2 rings (SSSR count). The Bertz CT molecular complexity index is 626. The van der Waals surface area contributed by atoms with E-state index in [4.69, 9.17) is 9.84 Å². The molecule has 0 aliphatic heterocycles. The van der Waals surface area contributed by atoms with E-state index >= 15 is 0 Å². The lowest BCUT2D eigenvalue weighted by atomic mass is 10.1. The molecule has 0 saturated heterocycles. The average Bonchev–Trinajstić information content (AvgIpc) is 2.49. The van der Waals surface area contributed by atoms with Crippen LogP contribution in [0.3, 0.4) is 0 Å². The second-order valence-corrected chi connectivity index (χ2v) is 5.42. The van der Waals surface area contributed by atoms with E-state index in [1.807, 2.05) is 30.3 Å². The average molecular weight is 350 g/mol. The Kier molecular flexibility index (Phi) is 5.36. The summed E-state index contributed by atoms with van der Waals surface area (Å²) in [7, 11) is 1.64. The zero-order chi connectivity index (χ0) is 15.2. The standard InChI is InChI=1S/C16H16BrNO3/c1-21-14-6-2-11(3-7-14)9-18-10-13-5-4-12(16(19)20)8-15(13)17/h2-8,18H,9-10H2,1H3,(H,19,20). The lowest BCUT2D eigenvalue weighted by molar-refractivity contribution is 0.0697. The molecule has 0 bridgehead atoms. The SMILES string of the molecule is COc1ccc(CNCc2ccc(C(=O)O)cc2Br)cc1. The maximum Gasteiger partial charge on any atom is 0.335 e. The third kappa shape index (κ3) is 4.31. The maximum absolute atomic E-state index is 10.9. The Morgan fingerprint density at radius 2 is 1.90 bits per heavy atom. The van der Waals surface area contributed by atoms with Gasteiger partial charge in [0.15, 0.2) is 0 Å². The van der Waals surface area contributed by atoms with Crippen LogP contribution in [-0.4, -0.2) is 18.2 Å². The van der Waals surface area contributed by atoms with Crippen molar-refractivity contribution in [2.45, 2.75) is 13.1 Å². The largest absolute Gasteiger partial charge is 0.497 e. The quantitative estimate of drug-likeness (QED) is 0.838. The van der Waals surface area contributed by atoms with Crippen LogP contribution in [0.1, 0.15) is 21.5 Å². The highest BCUT2D eigenvalue weighted by atomic mass is 79.9. The van der Waals surface area contributed by atoms with Crippen LogP contribution in [0, 0.1) is 0 Å². The summed E-state index contributed by atoms with van der Waals surface area (Å²) in [5, 5.41) is 12.2. The predicted octanol–water partition coefficient (Wildman–Crippen LogP) is 3.45. The molecule has 0 aromatic heterocycles. The number of aromatic carboxylic acids is 1. The number of benzene rings is 2. The first-order chi connectivity index (χ1) is 10.1. The van der Waals surface area contributed by atoms with Crippen molar-refractivity contribution >= 4 is 21.9 Å². The van der Waals surface area contributed by atoms with E-state index in [-0.39, 0.29) is 5.56 Å². The van der Waals surface area contributed by atoms with Gasteiger partial charge in [-0.3, -0.25) is 0 Å². The van der Waals surface area contributed by atoms with Gasteiger partial charge in [0.1, 0.15) is 5.75 Å². The summed E-state index contributed by atoms with van der Waals surface area (Å²) >= 11 is 3.40. The molecule has 0 radical (unpaired) electrons. The Labute approximate surface area is 131 Å². The molecule has 0 fully saturated rings. The molecular formula is C16H16BrNO3. The number of hydrogen-bond donors (Lipinski definition) is 2. The molecule has 2 aromatic carbocycles. The van der Waals surface area contributed by atoms with Gasteiger partial charge in [-0.25, -0.2) is 4.79 Å². The molecule has 110 valence electrons. The fourth-order valence-electron chi connectivity index (χ4n) is 1.91. The highest BCUT2D eigenvalue weighted by molar-refractivity contribution is 9.10. The smallest absolute Gasteiger partial charge is 0.335 e. The van der Waals surface area contributed by atoms with E-state index in [1.54, 1.807) is 19.2 Å². The van der Waals surface area contributed by atoms with Gasteiger partial charge >= 0.3 is 5.97 Å². The van der Waals surface area contributed by atoms with Crippen molar-refractivity contribution in [3.63, 3.8) is 0 Å². The first kappa shape index (κ1) is 15.5. The summed E-state index contributed by atoms with van der Waals surface area (Å²) in [6.07, 6.45) is 0. The van der Waals surface area contributed by atoms with Crippen LogP contribution in [0.4, 0.5) is 0 Å². The summed E-state index contributed by atoms with van der Waals surface area (Å²) in [5.41, 5.74) is 2.46. The Morgan fingerprint density at radius 3 is 2.48 bits per heavy atom. The summed E-state index contributed by atoms with van der Waals surface area (Å²) < 4.78 is 5.91. The van der Waals surface area contributed by atoms with Crippen molar-refractivity contribution in [1.29, 1.82) is 0 Å². The number of halogens is 1. The van der Waals surface area contributed by atoms with Gasteiger partial charge in [-0.1, -0.05) is 34.1 Å². The van der Waals surface area contributed by atoms with Crippen molar-refractivity contribution in [2.75, 3.05) is 7.11 Å². The van der Waals surface area contributed by atoms with Gasteiger partial charge in [0, 0.05) is 17.6 Å². The molecule has 5 heteroatoms. The molecule has 0 saturated carbocycles. The van der Waals surface area contributed by atoms with Crippen LogP contribution in [0.15, 0.2) is 46.9 Å². The van der Waals surface area contributed by atoms with Crippen molar-refractivity contribution in [3.8, 4) is 5.75 Å². The number of nitrogens with one attached hydrogen (secondary N) is 1. The number of hydrogen-bond acceptors (Lipinski definition) is 3. The molecule has 0 heterocycles. The minimum absolute atomic E-state index is 0.278. The Hall–Kier alpha value is -1.85. The topological polar surface area (TPSA) is 58.6 Å². The first-order valence-electron chi connectivity index (χ1n) is 6.45. The zero-order valence-corrected chi connectivity index (χ0v) is 13.2. The number of rotatable bonds is 6. The summed E-state index contributed by atoms with van der Waals surface area (Å²) in [6, 6.07) is 12.9. The molecule has 0 atom stereocenters. The maximum atomic E-state index is 10.9. The lowest BCUT2D eigenvalue weighted by Crippen LogP contribution is -2.13. The van der Waals surface area contributed by atoms with Crippen LogP contribution < -0.4 is 10.1 Å². The van der Waals surface area contributed by atoms with E-state index < -0.39 is 5.97 Å². The number of ether oxygens (including phenoxy) is 1. The van der Waals surface area contributed by atoms with Gasteiger partial charge in [-0.2, -0.15) is 0 Å². The molecule has 21 heavy (non-hydrogen) atoms. The second-order valence-electron chi connectivity index (χ2n) is 4.56. The van der Waals surface area contributed by atoms with Crippen molar-refractivity contribution < 1.29 is 14.6 Å². The summed E-state index contributed by atoms with van der Waals surface area (Å²) in [4.78, 5) is 10.9. The lowest BCUT2D eigenvalue weighted by Gasteiger charge is -2.08. The molecule has 0 aliphatic rings. The van der Waals surface area contributed by atoms with Gasteiger partial charge in [-0.15, -0.1) is 0 Å². The highest BCUT2D eigenvalue weighted by Gasteiger charge is 2.06. The Balaban J connectivity index is 1.92. The van der Waals surface area contributed by atoms with Crippen molar-refractivity contribution in [2.24, 2.45) is 0 Å². The van der Waals surface area contributed by atoms with Crippen LogP contribution in [0.25, 0.3) is 0 Å². The van der Waals surface area contributed by atoms with Crippen molar-refractivity contribution in [3.05, 3.63) is 63.6 Å². The molecule has 4 nitrogen and oxygen atoms in total. The normalized spacial score (nSPS) is 10.4. The molecule has 0 unspecified atom stereocenters. The van der Waals surface area contributed by atoms with Gasteiger partial charge in [0.25, 0.3) is 0 Å². The van der Waals surface area contributed by atoms with E-state index in [0.29, 0.717) is 6.54 Å². The number of methoxy groups -OCH3 is 1. The zero-order valence-electron chi connectivity index (χ0n) is 11.6. The van der Waals surface area contributed by atoms with Crippen LogP contribution in [0.5, 0.6) is 5.75 Å². The molecule has 2 N–H and O–H groups in total. The predicted molar refractivity (Wildman–Crippen MR) is 84.6 cm³/mol. The van der Waals surface area contributed by atoms with Gasteiger partial charge in [0.2, 0.25) is 0 Å². The third-order valence-electron chi connectivity index (χ3n) is 3.10. The van der Waals surface area contributed by atoms with E-state index in [9.17, 15) is 4.79 Å². The van der Waals surface area contributed by atoms with Crippen LogP contribution in [0.2, 0.25) is 0 Å². The molecule has 2 aromatic rings.